The maximum atomic E-state index is 14.2. The highest BCUT2D eigenvalue weighted by Gasteiger charge is 2.37. The number of oxazole rings is 1. The first kappa shape index (κ1) is 27.5. The zero-order valence-corrected chi connectivity index (χ0v) is 22.5. The lowest BCUT2D eigenvalue weighted by Crippen LogP contribution is -2.15. The molecule has 0 bridgehead atoms. The van der Waals surface area contributed by atoms with Crippen molar-refractivity contribution in [2.45, 2.75) is 37.9 Å². The van der Waals surface area contributed by atoms with Crippen molar-refractivity contribution in [1.82, 2.24) is 19.7 Å². The summed E-state index contributed by atoms with van der Waals surface area (Å²) in [6, 6.07) is 10.2. The van der Waals surface area contributed by atoms with Gasteiger partial charge in [0.2, 0.25) is 5.82 Å². The highest BCUT2D eigenvalue weighted by Crippen LogP contribution is 2.46. The first-order chi connectivity index (χ1) is 19.3. The Morgan fingerprint density at radius 2 is 1.95 bits per heavy atom. The van der Waals surface area contributed by atoms with Crippen LogP contribution in [0, 0.1) is 0 Å². The predicted octanol–water partition coefficient (Wildman–Crippen LogP) is 5.37. The maximum Gasteiger partial charge on any atom is 0.305 e. The molecule has 0 unspecified atom stereocenters. The van der Waals surface area contributed by atoms with Gasteiger partial charge < -0.3 is 23.4 Å². The molecule has 0 N–H and O–H groups in total. The quantitative estimate of drug-likeness (QED) is 0.243. The van der Waals surface area contributed by atoms with Crippen LogP contribution in [0.5, 0.6) is 11.5 Å². The average molecular weight is 575 g/mol. The number of para-hydroxylation sites is 1. The summed E-state index contributed by atoms with van der Waals surface area (Å²) in [5, 5.41) is 8.26. The number of aromatic nitrogens is 4. The normalized spacial score (nSPS) is 16.3. The van der Waals surface area contributed by atoms with Gasteiger partial charge in [0.05, 0.1) is 46.1 Å². The van der Waals surface area contributed by atoms with Gasteiger partial charge in [0.25, 0.3) is 6.43 Å². The molecule has 0 fully saturated rings. The van der Waals surface area contributed by atoms with Crippen LogP contribution in [0.15, 0.2) is 47.0 Å². The van der Waals surface area contributed by atoms with Crippen molar-refractivity contribution >= 4 is 17.6 Å². The summed E-state index contributed by atoms with van der Waals surface area (Å²) in [6.07, 6.45) is -2.76. The number of benzene rings is 2. The number of esters is 1. The van der Waals surface area contributed by atoms with Crippen molar-refractivity contribution in [1.29, 1.82) is 0 Å². The molecule has 13 heteroatoms. The van der Waals surface area contributed by atoms with E-state index in [-0.39, 0.29) is 36.9 Å². The SMILES string of the molecule is COC(=O)CCc1cnc(C[C@@H]2O[C@@H](c3cccc(OC)c3OC)c3cc(Cl)ccc3-n3c(C(F)F)nnc32)o1. The summed E-state index contributed by atoms with van der Waals surface area (Å²) in [5.41, 5.74) is 1.46. The van der Waals surface area contributed by atoms with Crippen LogP contribution >= 0.6 is 11.6 Å². The largest absolute Gasteiger partial charge is 0.493 e. The van der Waals surface area contributed by atoms with E-state index in [0.29, 0.717) is 39.1 Å². The van der Waals surface area contributed by atoms with E-state index in [4.69, 9.17) is 30.2 Å². The number of carbonyl (C=O) groups is 1. The minimum atomic E-state index is -2.92. The Morgan fingerprint density at radius 1 is 1.12 bits per heavy atom. The van der Waals surface area contributed by atoms with Gasteiger partial charge in [0.15, 0.2) is 23.2 Å². The Labute approximate surface area is 232 Å². The second kappa shape index (κ2) is 11.6. The van der Waals surface area contributed by atoms with Gasteiger partial charge in [-0.05, 0) is 24.3 Å². The van der Waals surface area contributed by atoms with Crippen LogP contribution in [0.4, 0.5) is 8.78 Å². The van der Waals surface area contributed by atoms with Crippen LogP contribution < -0.4 is 9.47 Å². The number of halogens is 3. The fourth-order valence-corrected chi connectivity index (χ4v) is 4.87. The van der Waals surface area contributed by atoms with E-state index in [1.165, 1.54) is 32.1 Å². The van der Waals surface area contributed by atoms with Crippen molar-refractivity contribution < 1.29 is 36.9 Å². The summed E-state index contributed by atoms with van der Waals surface area (Å²) in [7, 11) is 4.32. The van der Waals surface area contributed by atoms with Gasteiger partial charge in [-0.25, -0.2) is 13.8 Å². The van der Waals surface area contributed by atoms with Crippen molar-refractivity contribution in [2.75, 3.05) is 21.3 Å². The number of aryl methyl sites for hydroxylation is 1. The van der Waals surface area contributed by atoms with Crippen molar-refractivity contribution in [3.8, 4) is 17.2 Å². The van der Waals surface area contributed by atoms with Crippen LogP contribution in [-0.2, 0) is 27.1 Å². The average Bonchev–Trinajstić information content (AvgIpc) is 3.58. The van der Waals surface area contributed by atoms with Gasteiger partial charge in [-0.3, -0.25) is 9.36 Å². The van der Waals surface area contributed by atoms with Crippen LogP contribution in [0.3, 0.4) is 0 Å². The van der Waals surface area contributed by atoms with E-state index < -0.39 is 24.5 Å². The first-order valence-corrected chi connectivity index (χ1v) is 12.6. The summed E-state index contributed by atoms with van der Waals surface area (Å²) in [4.78, 5) is 15.8. The van der Waals surface area contributed by atoms with E-state index in [9.17, 15) is 13.6 Å². The van der Waals surface area contributed by atoms with Crippen LogP contribution in [-0.4, -0.2) is 47.0 Å². The second-order valence-corrected chi connectivity index (χ2v) is 9.28. The third-order valence-electron chi connectivity index (χ3n) is 6.49. The molecule has 3 heterocycles. The Balaban J connectivity index is 1.63. The van der Waals surface area contributed by atoms with Gasteiger partial charge >= 0.3 is 5.97 Å². The minimum Gasteiger partial charge on any atom is -0.493 e. The summed E-state index contributed by atoms with van der Waals surface area (Å²) in [5.74, 6) is 0.803. The number of ether oxygens (including phenoxy) is 4. The lowest BCUT2D eigenvalue weighted by atomic mass is 9.98. The van der Waals surface area contributed by atoms with Crippen LogP contribution in [0.2, 0.25) is 5.02 Å². The smallest absolute Gasteiger partial charge is 0.305 e. The molecule has 2 aromatic heterocycles. The number of rotatable bonds is 9. The van der Waals surface area contributed by atoms with Crippen molar-refractivity contribution in [2.24, 2.45) is 0 Å². The third-order valence-corrected chi connectivity index (χ3v) is 6.73. The molecule has 0 spiro atoms. The fraction of sp³-hybridized carbons (Fsp3) is 0.333. The number of methoxy groups -OCH3 is 3. The van der Waals surface area contributed by atoms with Crippen molar-refractivity contribution in [3.63, 3.8) is 0 Å². The molecular weight excluding hydrogens is 550 g/mol. The van der Waals surface area contributed by atoms with Gasteiger partial charge in [-0.15, -0.1) is 10.2 Å². The number of hydrogen-bond acceptors (Lipinski definition) is 9. The molecular formula is C27H25ClF2N4O6. The molecule has 1 aliphatic heterocycles. The van der Waals surface area contributed by atoms with E-state index >= 15 is 0 Å². The topological polar surface area (TPSA) is 111 Å². The molecule has 0 radical (unpaired) electrons. The Bertz CT molecular complexity index is 1520. The maximum absolute atomic E-state index is 14.2. The minimum absolute atomic E-state index is 0.0318. The van der Waals surface area contributed by atoms with E-state index in [2.05, 4.69) is 19.9 Å². The molecule has 0 amide bonds. The molecule has 0 saturated heterocycles. The molecule has 210 valence electrons. The molecule has 2 atom stereocenters. The lowest BCUT2D eigenvalue weighted by Gasteiger charge is -2.24. The molecule has 5 rings (SSSR count). The highest BCUT2D eigenvalue weighted by molar-refractivity contribution is 6.30. The first-order valence-electron chi connectivity index (χ1n) is 12.2. The summed E-state index contributed by atoms with van der Waals surface area (Å²) >= 11 is 6.39. The van der Waals surface area contributed by atoms with Gasteiger partial charge in [-0.1, -0.05) is 23.7 Å². The summed E-state index contributed by atoms with van der Waals surface area (Å²) in [6.45, 7) is 0. The highest BCUT2D eigenvalue weighted by atomic mass is 35.5. The van der Waals surface area contributed by atoms with Crippen LogP contribution in [0.1, 0.15) is 59.5 Å². The van der Waals surface area contributed by atoms with Crippen LogP contribution in [0.25, 0.3) is 5.69 Å². The molecule has 4 aromatic rings. The van der Waals surface area contributed by atoms with Crippen molar-refractivity contribution in [3.05, 3.63) is 82.0 Å². The number of nitrogens with zero attached hydrogens (tertiary/aromatic N) is 4. The van der Waals surface area contributed by atoms with E-state index in [0.717, 1.165) is 0 Å². The number of carbonyl (C=O) groups excluding carboxylic acids is 1. The zero-order chi connectivity index (χ0) is 28.4. The molecule has 0 saturated carbocycles. The molecule has 1 aliphatic rings. The number of fused-ring (bicyclic) bond motifs is 3. The molecule has 2 aromatic carbocycles. The molecule has 0 aliphatic carbocycles. The number of hydrogen-bond donors (Lipinski definition) is 0. The Morgan fingerprint density at radius 3 is 2.67 bits per heavy atom. The van der Waals surface area contributed by atoms with Gasteiger partial charge in [0, 0.05) is 22.6 Å². The molecule has 10 nitrogen and oxygen atoms in total. The Hall–Kier alpha value is -4.03. The Kier molecular flexibility index (Phi) is 7.99. The predicted molar refractivity (Wildman–Crippen MR) is 137 cm³/mol. The standard InChI is InChI=1S/C27H25ClF2N4O6/c1-36-19-6-4-5-16(24(19)38-3)23-17-11-14(28)7-9-18(17)34-26(32-33-27(34)25(29)30)20(40-23)12-21-31-13-15(39-21)8-10-22(35)37-2/h4-7,9,11,13,20,23,25H,8,10,12H2,1-3H3/t20-,23-/m0/s1. The van der Waals surface area contributed by atoms with E-state index in [1.807, 2.05) is 0 Å². The zero-order valence-electron chi connectivity index (χ0n) is 21.8. The monoisotopic (exact) mass is 574 g/mol. The van der Waals surface area contributed by atoms with Gasteiger partial charge in [0.1, 0.15) is 18.0 Å². The third kappa shape index (κ3) is 5.24. The van der Waals surface area contributed by atoms with E-state index in [1.54, 1.807) is 36.4 Å². The lowest BCUT2D eigenvalue weighted by molar-refractivity contribution is -0.140. The fourth-order valence-electron chi connectivity index (χ4n) is 4.69. The number of alkyl halides is 2. The van der Waals surface area contributed by atoms with Gasteiger partial charge in [-0.2, -0.15) is 0 Å². The summed E-state index contributed by atoms with van der Waals surface area (Å²) < 4.78 is 57.9. The second-order valence-electron chi connectivity index (χ2n) is 8.84. The molecule has 40 heavy (non-hydrogen) atoms.